The molecule has 2 aromatic rings. The summed E-state index contributed by atoms with van der Waals surface area (Å²) in [6.07, 6.45) is 5.21. The molecule has 4 heteroatoms. The fraction of sp³-hybridized carbons (Fsp3) is 0.267. The highest BCUT2D eigenvalue weighted by atomic mass is 35.5. The Morgan fingerprint density at radius 3 is 2.74 bits per heavy atom. The third kappa shape index (κ3) is 2.85. The average molecular weight is 293 g/mol. The lowest BCUT2D eigenvalue weighted by molar-refractivity contribution is 0.583. The minimum absolute atomic E-state index is 0.236. The first-order chi connectivity index (χ1) is 9.22. The van der Waals surface area contributed by atoms with E-state index in [9.17, 15) is 0 Å². The number of aromatic nitrogens is 1. The molecule has 98 valence electrons. The Bertz CT molecular complexity index is 578. The number of anilines is 1. The first-order valence-corrected chi connectivity index (χ1v) is 7.14. The van der Waals surface area contributed by atoms with Gasteiger partial charge in [0, 0.05) is 21.9 Å². The lowest BCUT2D eigenvalue weighted by Crippen LogP contribution is -2.18. The Labute approximate surface area is 122 Å². The van der Waals surface area contributed by atoms with Crippen molar-refractivity contribution in [3.8, 4) is 0 Å². The van der Waals surface area contributed by atoms with Crippen LogP contribution in [0.2, 0.25) is 10.0 Å². The van der Waals surface area contributed by atoms with E-state index in [2.05, 4.69) is 16.4 Å². The van der Waals surface area contributed by atoms with Gasteiger partial charge in [-0.1, -0.05) is 29.3 Å². The van der Waals surface area contributed by atoms with E-state index in [0.29, 0.717) is 10.0 Å². The number of hydrogen-bond donors (Lipinski definition) is 1. The molecular formula is C15H14Cl2N2. The van der Waals surface area contributed by atoms with Gasteiger partial charge >= 0.3 is 0 Å². The largest absolute Gasteiger partial charge is 0.377 e. The van der Waals surface area contributed by atoms with Crippen LogP contribution in [0.4, 0.5) is 5.69 Å². The van der Waals surface area contributed by atoms with Gasteiger partial charge in [0.05, 0.1) is 11.7 Å². The number of fused-ring (bicyclic) bond motifs is 1. The van der Waals surface area contributed by atoms with E-state index in [0.717, 1.165) is 24.2 Å². The summed E-state index contributed by atoms with van der Waals surface area (Å²) in [5, 5.41) is 4.78. The summed E-state index contributed by atoms with van der Waals surface area (Å²) in [7, 11) is 0. The maximum Gasteiger partial charge on any atom is 0.0688 e. The standard InChI is InChI=1S/C15H14Cl2N2/c16-11-7-12(17)9-13(8-11)19-14-5-1-3-10-4-2-6-18-15(10)14/h2,4,6-9,14,19H,1,3,5H2. The molecule has 0 fully saturated rings. The average Bonchev–Trinajstić information content (AvgIpc) is 2.38. The predicted octanol–water partition coefficient (Wildman–Crippen LogP) is 4.88. The molecule has 0 amide bonds. The zero-order valence-electron chi connectivity index (χ0n) is 10.4. The molecule has 2 nitrogen and oxygen atoms in total. The Morgan fingerprint density at radius 1 is 1.16 bits per heavy atom. The van der Waals surface area contributed by atoms with E-state index in [1.54, 1.807) is 6.07 Å². The smallest absolute Gasteiger partial charge is 0.0688 e. The zero-order valence-corrected chi connectivity index (χ0v) is 11.9. The minimum Gasteiger partial charge on any atom is -0.377 e. The van der Waals surface area contributed by atoms with Crippen molar-refractivity contribution in [3.05, 3.63) is 57.8 Å². The molecule has 0 bridgehead atoms. The molecule has 1 atom stereocenters. The molecule has 1 aromatic heterocycles. The van der Waals surface area contributed by atoms with Crippen LogP contribution in [0.15, 0.2) is 36.5 Å². The van der Waals surface area contributed by atoms with Gasteiger partial charge in [-0.15, -0.1) is 0 Å². The molecule has 0 saturated heterocycles. The molecule has 0 spiro atoms. The number of aryl methyl sites for hydroxylation is 1. The molecule has 0 aliphatic heterocycles. The summed E-state index contributed by atoms with van der Waals surface area (Å²) in [6, 6.07) is 9.91. The second kappa shape index (κ2) is 5.40. The van der Waals surface area contributed by atoms with Crippen LogP contribution in [-0.2, 0) is 6.42 Å². The Morgan fingerprint density at radius 2 is 1.95 bits per heavy atom. The quantitative estimate of drug-likeness (QED) is 0.853. The first-order valence-electron chi connectivity index (χ1n) is 6.39. The second-order valence-corrected chi connectivity index (χ2v) is 5.67. The SMILES string of the molecule is Clc1cc(Cl)cc(NC2CCCc3cccnc32)c1. The van der Waals surface area contributed by atoms with Gasteiger partial charge in [0.1, 0.15) is 0 Å². The molecule has 1 N–H and O–H groups in total. The van der Waals surface area contributed by atoms with Crippen molar-refractivity contribution < 1.29 is 0 Å². The fourth-order valence-corrected chi connectivity index (χ4v) is 3.11. The van der Waals surface area contributed by atoms with E-state index in [1.807, 2.05) is 24.4 Å². The highest BCUT2D eigenvalue weighted by Crippen LogP contribution is 2.32. The summed E-state index contributed by atoms with van der Waals surface area (Å²) in [4.78, 5) is 4.51. The molecule has 1 aliphatic carbocycles. The summed E-state index contributed by atoms with van der Waals surface area (Å²) < 4.78 is 0. The van der Waals surface area contributed by atoms with Crippen LogP contribution in [-0.4, -0.2) is 4.98 Å². The summed E-state index contributed by atoms with van der Waals surface area (Å²) in [5.41, 5.74) is 3.42. The monoisotopic (exact) mass is 292 g/mol. The van der Waals surface area contributed by atoms with Crippen molar-refractivity contribution in [2.75, 3.05) is 5.32 Å². The molecule has 1 aliphatic rings. The van der Waals surface area contributed by atoms with Gasteiger partial charge in [0.2, 0.25) is 0 Å². The molecule has 1 unspecified atom stereocenters. The van der Waals surface area contributed by atoms with E-state index in [4.69, 9.17) is 23.2 Å². The van der Waals surface area contributed by atoms with Crippen LogP contribution >= 0.6 is 23.2 Å². The van der Waals surface area contributed by atoms with Crippen molar-refractivity contribution in [1.82, 2.24) is 4.98 Å². The Hall–Kier alpha value is -1.25. The number of nitrogens with zero attached hydrogens (tertiary/aromatic N) is 1. The minimum atomic E-state index is 0.236. The van der Waals surface area contributed by atoms with Crippen molar-refractivity contribution in [1.29, 1.82) is 0 Å². The summed E-state index contributed by atoms with van der Waals surface area (Å²) in [5.74, 6) is 0. The van der Waals surface area contributed by atoms with Crippen LogP contribution in [0, 0.1) is 0 Å². The second-order valence-electron chi connectivity index (χ2n) is 4.80. The van der Waals surface area contributed by atoms with Crippen molar-refractivity contribution >= 4 is 28.9 Å². The third-order valence-electron chi connectivity index (χ3n) is 3.40. The topological polar surface area (TPSA) is 24.9 Å². The summed E-state index contributed by atoms with van der Waals surface area (Å²) in [6.45, 7) is 0. The zero-order chi connectivity index (χ0) is 13.2. The van der Waals surface area contributed by atoms with Gasteiger partial charge in [0.15, 0.2) is 0 Å². The number of rotatable bonds is 2. The Balaban J connectivity index is 1.88. The molecule has 19 heavy (non-hydrogen) atoms. The van der Waals surface area contributed by atoms with Gasteiger partial charge in [-0.3, -0.25) is 4.98 Å². The lowest BCUT2D eigenvalue weighted by atomic mass is 9.92. The molecule has 0 saturated carbocycles. The predicted molar refractivity (Wildman–Crippen MR) is 80.0 cm³/mol. The van der Waals surface area contributed by atoms with E-state index < -0.39 is 0 Å². The third-order valence-corrected chi connectivity index (χ3v) is 3.83. The van der Waals surface area contributed by atoms with Crippen molar-refractivity contribution in [3.63, 3.8) is 0 Å². The molecular weight excluding hydrogens is 279 g/mol. The number of halogens is 2. The van der Waals surface area contributed by atoms with Gasteiger partial charge < -0.3 is 5.32 Å². The first kappa shape index (κ1) is 12.8. The number of hydrogen-bond acceptors (Lipinski definition) is 2. The number of pyridine rings is 1. The van der Waals surface area contributed by atoms with E-state index >= 15 is 0 Å². The van der Waals surface area contributed by atoms with E-state index in [-0.39, 0.29) is 6.04 Å². The van der Waals surface area contributed by atoms with Gasteiger partial charge in [0.25, 0.3) is 0 Å². The molecule has 0 radical (unpaired) electrons. The van der Waals surface area contributed by atoms with Crippen LogP contribution in [0.1, 0.15) is 30.1 Å². The van der Waals surface area contributed by atoms with Crippen LogP contribution < -0.4 is 5.32 Å². The van der Waals surface area contributed by atoms with E-state index in [1.165, 1.54) is 12.0 Å². The van der Waals surface area contributed by atoms with Gasteiger partial charge in [-0.05, 0) is 49.1 Å². The van der Waals surface area contributed by atoms with Gasteiger partial charge in [-0.2, -0.15) is 0 Å². The van der Waals surface area contributed by atoms with Crippen LogP contribution in [0.25, 0.3) is 0 Å². The molecule has 3 rings (SSSR count). The normalized spacial score (nSPS) is 17.9. The molecule has 1 heterocycles. The number of nitrogens with one attached hydrogen (secondary N) is 1. The highest BCUT2D eigenvalue weighted by Gasteiger charge is 2.21. The maximum absolute atomic E-state index is 6.03. The molecule has 1 aromatic carbocycles. The summed E-state index contributed by atoms with van der Waals surface area (Å²) >= 11 is 12.1. The highest BCUT2D eigenvalue weighted by molar-refractivity contribution is 6.35. The maximum atomic E-state index is 6.03. The lowest BCUT2D eigenvalue weighted by Gasteiger charge is -2.26. The van der Waals surface area contributed by atoms with Crippen LogP contribution in [0.5, 0.6) is 0 Å². The Kier molecular flexibility index (Phi) is 3.63. The fourth-order valence-electron chi connectivity index (χ4n) is 2.59. The van der Waals surface area contributed by atoms with Gasteiger partial charge in [-0.25, -0.2) is 0 Å². The number of benzene rings is 1. The van der Waals surface area contributed by atoms with Crippen LogP contribution in [0.3, 0.4) is 0 Å². The van der Waals surface area contributed by atoms with Crippen molar-refractivity contribution in [2.24, 2.45) is 0 Å². The van der Waals surface area contributed by atoms with Crippen molar-refractivity contribution in [2.45, 2.75) is 25.3 Å².